The normalized spacial score (nSPS) is 11.8. The fourth-order valence-electron chi connectivity index (χ4n) is 3.16. The molecule has 1 amide bonds. The molecule has 31 heavy (non-hydrogen) atoms. The Bertz CT molecular complexity index is 1190. The number of anilines is 1. The molecule has 0 saturated carbocycles. The quantitative estimate of drug-likeness (QED) is 0.267. The second-order valence-electron chi connectivity index (χ2n) is 6.93. The lowest BCUT2D eigenvalue weighted by Gasteiger charge is -2.15. The average Bonchev–Trinajstić information content (AvgIpc) is 3.23. The number of aromatic nitrogens is 3. The molecular formula is C22H20FN5O3. The Kier molecular flexibility index (Phi) is 5.76. The highest BCUT2D eigenvalue weighted by Gasteiger charge is 2.13. The number of nitrogens with one attached hydrogen (secondary N) is 3. The van der Waals surface area contributed by atoms with Gasteiger partial charge < -0.3 is 15.0 Å². The molecular weight excluding hydrogens is 401 g/mol. The number of H-pyrrole nitrogens is 1. The van der Waals surface area contributed by atoms with Gasteiger partial charge in [0, 0.05) is 11.7 Å². The van der Waals surface area contributed by atoms with E-state index in [4.69, 9.17) is 9.94 Å². The van der Waals surface area contributed by atoms with Crippen LogP contribution < -0.4 is 15.5 Å². The molecule has 0 aliphatic heterocycles. The Morgan fingerprint density at radius 2 is 1.90 bits per heavy atom. The predicted molar refractivity (Wildman–Crippen MR) is 113 cm³/mol. The molecule has 0 saturated heterocycles. The molecule has 4 rings (SSSR count). The van der Waals surface area contributed by atoms with Gasteiger partial charge in [-0.1, -0.05) is 12.1 Å². The van der Waals surface area contributed by atoms with E-state index in [0.29, 0.717) is 17.2 Å². The number of carbonyl (C=O) groups is 1. The molecule has 0 unspecified atom stereocenters. The summed E-state index contributed by atoms with van der Waals surface area (Å²) < 4.78 is 18.5. The Labute approximate surface area is 177 Å². The zero-order valence-electron chi connectivity index (χ0n) is 16.6. The van der Waals surface area contributed by atoms with Crippen molar-refractivity contribution in [2.24, 2.45) is 0 Å². The summed E-state index contributed by atoms with van der Waals surface area (Å²) in [6.07, 6.45) is 1.48. The highest BCUT2D eigenvalue weighted by atomic mass is 19.1. The SMILES string of the molecule is C[C@@H](Nc1ncnc2[nH]c(-c3ccc(OCC(=O)NO)cc3)cc12)c1ccc(F)cc1. The highest BCUT2D eigenvalue weighted by molar-refractivity contribution is 5.91. The number of rotatable bonds is 7. The minimum absolute atomic E-state index is 0.0791. The van der Waals surface area contributed by atoms with Crippen molar-refractivity contribution in [2.45, 2.75) is 13.0 Å². The largest absolute Gasteiger partial charge is 0.484 e. The first-order valence-corrected chi connectivity index (χ1v) is 9.55. The fraction of sp³-hybridized carbons (Fsp3) is 0.136. The van der Waals surface area contributed by atoms with Crippen molar-refractivity contribution >= 4 is 22.8 Å². The molecule has 2 aromatic carbocycles. The summed E-state index contributed by atoms with van der Waals surface area (Å²) in [5, 5.41) is 12.7. The first-order chi connectivity index (χ1) is 15.0. The van der Waals surface area contributed by atoms with Crippen LogP contribution in [0.3, 0.4) is 0 Å². The van der Waals surface area contributed by atoms with Gasteiger partial charge in [0.2, 0.25) is 0 Å². The third-order valence-corrected chi connectivity index (χ3v) is 4.81. The summed E-state index contributed by atoms with van der Waals surface area (Å²) in [6.45, 7) is 1.70. The van der Waals surface area contributed by atoms with Crippen molar-refractivity contribution in [1.82, 2.24) is 20.4 Å². The molecule has 0 aliphatic carbocycles. The van der Waals surface area contributed by atoms with Crippen LogP contribution in [0.25, 0.3) is 22.3 Å². The van der Waals surface area contributed by atoms with Gasteiger partial charge in [0.1, 0.15) is 29.4 Å². The molecule has 4 N–H and O–H groups in total. The number of hydrogen-bond donors (Lipinski definition) is 4. The van der Waals surface area contributed by atoms with Crippen molar-refractivity contribution in [2.75, 3.05) is 11.9 Å². The third-order valence-electron chi connectivity index (χ3n) is 4.81. The van der Waals surface area contributed by atoms with Crippen LogP contribution in [0.4, 0.5) is 10.2 Å². The van der Waals surface area contributed by atoms with E-state index in [1.165, 1.54) is 23.9 Å². The molecule has 0 spiro atoms. The number of hydroxylamine groups is 1. The van der Waals surface area contributed by atoms with Crippen molar-refractivity contribution in [3.05, 3.63) is 72.3 Å². The van der Waals surface area contributed by atoms with Gasteiger partial charge in [-0.15, -0.1) is 0 Å². The van der Waals surface area contributed by atoms with Crippen molar-refractivity contribution < 1.29 is 19.1 Å². The summed E-state index contributed by atoms with van der Waals surface area (Å²) in [7, 11) is 0. The van der Waals surface area contributed by atoms with Gasteiger partial charge >= 0.3 is 0 Å². The maximum absolute atomic E-state index is 13.2. The topological polar surface area (TPSA) is 112 Å². The van der Waals surface area contributed by atoms with Crippen molar-refractivity contribution in [3.8, 4) is 17.0 Å². The Morgan fingerprint density at radius 3 is 2.61 bits per heavy atom. The van der Waals surface area contributed by atoms with E-state index in [-0.39, 0.29) is 18.5 Å². The number of ether oxygens (including phenoxy) is 1. The summed E-state index contributed by atoms with van der Waals surface area (Å²) in [5.41, 5.74) is 4.87. The lowest BCUT2D eigenvalue weighted by atomic mass is 10.1. The number of aromatic amines is 1. The molecule has 2 aromatic heterocycles. The van der Waals surface area contributed by atoms with Crippen LogP contribution in [0.2, 0.25) is 0 Å². The van der Waals surface area contributed by atoms with Crippen LogP contribution in [-0.2, 0) is 4.79 Å². The van der Waals surface area contributed by atoms with E-state index in [1.54, 1.807) is 24.3 Å². The third kappa shape index (κ3) is 4.62. The van der Waals surface area contributed by atoms with Gasteiger partial charge in [0.25, 0.3) is 5.91 Å². The van der Waals surface area contributed by atoms with Crippen LogP contribution in [0.15, 0.2) is 60.9 Å². The number of amides is 1. The standard InChI is InChI=1S/C22H20FN5O3/c1-13(14-2-6-16(23)7-3-14)26-21-18-10-19(27-22(18)25-12-24-21)15-4-8-17(9-5-15)31-11-20(29)28-30/h2-10,12-13,30H,11H2,1H3,(H,28,29)(H2,24,25,26,27)/t13-/m1/s1. The van der Waals surface area contributed by atoms with E-state index >= 15 is 0 Å². The van der Waals surface area contributed by atoms with Gasteiger partial charge in [0.15, 0.2) is 6.61 Å². The molecule has 0 radical (unpaired) electrons. The molecule has 4 aromatic rings. The number of carbonyl (C=O) groups excluding carboxylic acids is 1. The lowest BCUT2D eigenvalue weighted by molar-refractivity contribution is -0.131. The zero-order valence-corrected chi connectivity index (χ0v) is 16.6. The van der Waals surface area contributed by atoms with E-state index in [0.717, 1.165) is 22.2 Å². The zero-order chi connectivity index (χ0) is 21.8. The van der Waals surface area contributed by atoms with Crippen LogP contribution in [0.5, 0.6) is 5.75 Å². The first-order valence-electron chi connectivity index (χ1n) is 9.55. The van der Waals surface area contributed by atoms with Crippen molar-refractivity contribution in [3.63, 3.8) is 0 Å². The first kappa shape index (κ1) is 20.3. The fourth-order valence-corrected chi connectivity index (χ4v) is 3.16. The van der Waals surface area contributed by atoms with E-state index in [9.17, 15) is 9.18 Å². The minimum Gasteiger partial charge on any atom is -0.484 e. The van der Waals surface area contributed by atoms with Gasteiger partial charge in [-0.2, -0.15) is 0 Å². The Morgan fingerprint density at radius 1 is 1.16 bits per heavy atom. The minimum atomic E-state index is -0.631. The summed E-state index contributed by atoms with van der Waals surface area (Å²) in [5.74, 6) is 0.259. The van der Waals surface area contributed by atoms with Crippen molar-refractivity contribution in [1.29, 1.82) is 0 Å². The number of fused-ring (bicyclic) bond motifs is 1. The molecule has 8 nitrogen and oxygen atoms in total. The predicted octanol–water partition coefficient (Wildman–Crippen LogP) is 3.82. The molecule has 9 heteroatoms. The van der Waals surface area contributed by atoms with Gasteiger partial charge in [0.05, 0.1) is 5.39 Å². The Hall–Kier alpha value is -3.98. The highest BCUT2D eigenvalue weighted by Crippen LogP contribution is 2.29. The molecule has 0 aliphatic rings. The second kappa shape index (κ2) is 8.80. The summed E-state index contributed by atoms with van der Waals surface area (Å²) in [4.78, 5) is 23.0. The van der Waals surface area contributed by atoms with Gasteiger partial charge in [-0.05, 0) is 60.5 Å². The second-order valence-corrected chi connectivity index (χ2v) is 6.93. The Balaban J connectivity index is 1.54. The van der Waals surface area contributed by atoms with Crippen LogP contribution in [0, 0.1) is 5.82 Å². The molecule has 0 fully saturated rings. The smallest absolute Gasteiger partial charge is 0.281 e. The van der Waals surface area contributed by atoms with Crippen LogP contribution in [-0.4, -0.2) is 32.7 Å². The molecule has 158 valence electrons. The molecule has 2 heterocycles. The van der Waals surface area contributed by atoms with Gasteiger partial charge in [-0.25, -0.2) is 19.8 Å². The van der Waals surface area contributed by atoms with Gasteiger partial charge in [-0.3, -0.25) is 10.0 Å². The van der Waals surface area contributed by atoms with E-state index in [2.05, 4.69) is 20.3 Å². The van der Waals surface area contributed by atoms with E-state index in [1.807, 2.05) is 25.1 Å². The number of hydrogen-bond acceptors (Lipinski definition) is 6. The monoisotopic (exact) mass is 421 g/mol. The van der Waals surface area contributed by atoms with Crippen LogP contribution in [0.1, 0.15) is 18.5 Å². The van der Waals surface area contributed by atoms with Crippen LogP contribution >= 0.6 is 0 Å². The van der Waals surface area contributed by atoms with E-state index < -0.39 is 5.91 Å². The molecule has 0 bridgehead atoms. The number of halogens is 1. The number of nitrogens with zero attached hydrogens (tertiary/aromatic N) is 2. The maximum Gasteiger partial charge on any atom is 0.281 e. The molecule has 1 atom stereocenters. The lowest BCUT2D eigenvalue weighted by Crippen LogP contribution is -2.25. The summed E-state index contributed by atoms with van der Waals surface area (Å²) >= 11 is 0. The summed E-state index contributed by atoms with van der Waals surface area (Å²) in [6, 6.07) is 15.4. The maximum atomic E-state index is 13.2. The number of benzene rings is 2. The average molecular weight is 421 g/mol.